The molecule has 2 N–H and O–H groups in total. The van der Waals surface area contributed by atoms with E-state index >= 15 is 0 Å². The number of hydrogen-bond donors (Lipinski definition) is 2. The van der Waals surface area contributed by atoms with E-state index in [0.29, 0.717) is 5.92 Å². The Morgan fingerprint density at radius 2 is 2.10 bits per heavy atom. The Labute approximate surface area is 127 Å². The quantitative estimate of drug-likeness (QED) is 0.846. The van der Waals surface area contributed by atoms with E-state index < -0.39 is 0 Å². The van der Waals surface area contributed by atoms with Crippen molar-refractivity contribution in [1.82, 2.24) is 0 Å². The zero-order chi connectivity index (χ0) is 14.8. The number of halogens is 1. The summed E-state index contributed by atoms with van der Waals surface area (Å²) in [6.45, 7) is 6.98. The Morgan fingerprint density at radius 1 is 1.35 bits per heavy atom. The van der Waals surface area contributed by atoms with Crippen LogP contribution in [0.25, 0.3) is 0 Å². The van der Waals surface area contributed by atoms with E-state index in [0.717, 1.165) is 23.6 Å². The van der Waals surface area contributed by atoms with E-state index in [1.807, 2.05) is 24.3 Å². The van der Waals surface area contributed by atoms with Gasteiger partial charge in [0.15, 0.2) is 0 Å². The average molecular weight is 296 g/mol. The summed E-state index contributed by atoms with van der Waals surface area (Å²) in [6.07, 6.45) is 4.59. The van der Waals surface area contributed by atoms with Crippen molar-refractivity contribution in [1.29, 1.82) is 0 Å². The van der Waals surface area contributed by atoms with Crippen LogP contribution in [0.2, 0.25) is 5.02 Å². The normalized spacial score (nSPS) is 27.4. The zero-order valence-electron chi connectivity index (χ0n) is 12.7. The standard InChI is InChI=1S/C17H26ClNO/c1-16(2,3)15-9-4-5-10-17(15,12-20)19-14-8-6-7-13(18)11-14/h6-8,11,15,19-20H,4-5,9-10,12H2,1-3H3. The summed E-state index contributed by atoms with van der Waals surface area (Å²) in [5.74, 6) is 0.452. The first-order valence-electron chi connectivity index (χ1n) is 7.52. The molecule has 0 amide bonds. The van der Waals surface area contributed by atoms with Gasteiger partial charge >= 0.3 is 0 Å². The molecule has 1 aliphatic carbocycles. The second-order valence-corrected chi connectivity index (χ2v) is 7.55. The number of hydrogen-bond acceptors (Lipinski definition) is 2. The first kappa shape index (κ1) is 15.7. The molecule has 0 aromatic heterocycles. The number of nitrogens with one attached hydrogen (secondary N) is 1. The molecular weight excluding hydrogens is 270 g/mol. The number of aliphatic hydroxyl groups excluding tert-OH is 1. The summed E-state index contributed by atoms with van der Waals surface area (Å²) in [6, 6.07) is 7.79. The monoisotopic (exact) mass is 295 g/mol. The van der Waals surface area contributed by atoms with Crippen molar-refractivity contribution in [3.8, 4) is 0 Å². The number of anilines is 1. The van der Waals surface area contributed by atoms with Crippen LogP contribution in [0.3, 0.4) is 0 Å². The predicted octanol–water partition coefficient (Wildman–Crippen LogP) is 4.72. The van der Waals surface area contributed by atoms with Crippen LogP contribution in [-0.4, -0.2) is 17.3 Å². The molecule has 0 heterocycles. The summed E-state index contributed by atoms with van der Waals surface area (Å²) in [7, 11) is 0. The van der Waals surface area contributed by atoms with Crippen molar-refractivity contribution in [3.63, 3.8) is 0 Å². The topological polar surface area (TPSA) is 32.3 Å². The van der Waals surface area contributed by atoms with Crippen molar-refractivity contribution >= 4 is 17.3 Å². The molecule has 0 saturated heterocycles. The third-order valence-corrected chi connectivity index (χ3v) is 4.81. The second-order valence-electron chi connectivity index (χ2n) is 7.11. The Kier molecular flexibility index (Phi) is 4.66. The molecule has 0 radical (unpaired) electrons. The first-order valence-corrected chi connectivity index (χ1v) is 7.90. The lowest BCUT2D eigenvalue weighted by molar-refractivity contribution is 0.0484. The largest absolute Gasteiger partial charge is 0.394 e. The van der Waals surface area contributed by atoms with Crippen LogP contribution in [0.5, 0.6) is 0 Å². The fourth-order valence-corrected chi connectivity index (χ4v) is 3.92. The summed E-state index contributed by atoms with van der Waals surface area (Å²) in [5, 5.41) is 14.4. The molecule has 112 valence electrons. The molecule has 0 bridgehead atoms. The van der Waals surface area contributed by atoms with Crippen molar-refractivity contribution in [2.75, 3.05) is 11.9 Å². The van der Waals surface area contributed by atoms with Gasteiger partial charge in [-0.1, -0.05) is 51.3 Å². The number of rotatable bonds is 3. The Morgan fingerprint density at radius 3 is 2.70 bits per heavy atom. The molecule has 2 unspecified atom stereocenters. The summed E-state index contributed by atoms with van der Waals surface area (Å²) >= 11 is 6.07. The van der Waals surface area contributed by atoms with Crippen molar-refractivity contribution in [2.24, 2.45) is 11.3 Å². The Balaban J connectivity index is 2.30. The highest BCUT2D eigenvalue weighted by molar-refractivity contribution is 6.30. The van der Waals surface area contributed by atoms with Crippen molar-refractivity contribution < 1.29 is 5.11 Å². The van der Waals surface area contributed by atoms with Crippen LogP contribution >= 0.6 is 11.6 Å². The van der Waals surface area contributed by atoms with Gasteiger partial charge in [-0.05, 0) is 42.4 Å². The smallest absolute Gasteiger partial charge is 0.0664 e. The molecule has 3 heteroatoms. The van der Waals surface area contributed by atoms with Gasteiger partial charge in [0.05, 0.1) is 12.1 Å². The van der Waals surface area contributed by atoms with Gasteiger partial charge in [-0.2, -0.15) is 0 Å². The van der Waals surface area contributed by atoms with Gasteiger partial charge in [-0.25, -0.2) is 0 Å². The van der Waals surface area contributed by atoms with E-state index in [-0.39, 0.29) is 17.6 Å². The summed E-state index contributed by atoms with van der Waals surface area (Å²) < 4.78 is 0. The van der Waals surface area contributed by atoms with Crippen LogP contribution in [0.1, 0.15) is 46.5 Å². The lowest BCUT2D eigenvalue weighted by Crippen LogP contribution is -2.55. The number of aliphatic hydroxyl groups is 1. The molecule has 1 saturated carbocycles. The van der Waals surface area contributed by atoms with Crippen LogP contribution in [0.15, 0.2) is 24.3 Å². The van der Waals surface area contributed by atoms with Crippen molar-refractivity contribution in [2.45, 2.75) is 52.0 Å². The van der Waals surface area contributed by atoms with Gasteiger partial charge in [0.2, 0.25) is 0 Å². The molecule has 1 aliphatic rings. The van der Waals surface area contributed by atoms with E-state index in [1.54, 1.807) is 0 Å². The number of benzene rings is 1. The molecule has 1 fully saturated rings. The van der Waals surface area contributed by atoms with E-state index in [2.05, 4.69) is 26.1 Å². The fourth-order valence-electron chi connectivity index (χ4n) is 3.73. The van der Waals surface area contributed by atoms with Gasteiger partial charge < -0.3 is 10.4 Å². The van der Waals surface area contributed by atoms with Crippen LogP contribution in [0, 0.1) is 11.3 Å². The maximum Gasteiger partial charge on any atom is 0.0664 e. The molecule has 20 heavy (non-hydrogen) atoms. The van der Waals surface area contributed by atoms with Gasteiger partial charge in [0.25, 0.3) is 0 Å². The molecule has 0 aliphatic heterocycles. The fraction of sp³-hybridized carbons (Fsp3) is 0.647. The maximum absolute atomic E-state index is 10.1. The molecule has 0 spiro atoms. The molecule has 2 rings (SSSR count). The molecule has 1 aromatic rings. The average Bonchev–Trinajstić information content (AvgIpc) is 2.38. The van der Waals surface area contributed by atoms with Gasteiger partial charge in [-0.15, -0.1) is 0 Å². The van der Waals surface area contributed by atoms with Crippen molar-refractivity contribution in [3.05, 3.63) is 29.3 Å². The third-order valence-electron chi connectivity index (χ3n) is 4.58. The second kappa shape index (κ2) is 5.95. The van der Waals surface area contributed by atoms with Crippen LogP contribution < -0.4 is 5.32 Å². The van der Waals surface area contributed by atoms with E-state index in [4.69, 9.17) is 11.6 Å². The molecule has 2 atom stereocenters. The summed E-state index contributed by atoms with van der Waals surface area (Å²) in [4.78, 5) is 0. The SMILES string of the molecule is CC(C)(C)C1CCCCC1(CO)Nc1cccc(Cl)c1. The maximum atomic E-state index is 10.1. The predicted molar refractivity (Wildman–Crippen MR) is 86.3 cm³/mol. The minimum Gasteiger partial charge on any atom is -0.394 e. The Hall–Kier alpha value is -0.730. The lowest BCUT2D eigenvalue weighted by Gasteiger charge is -2.50. The van der Waals surface area contributed by atoms with Gasteiger partial charge in [0, 0.05) is 10.7 Å². The minimum absolute atomic E-state index is 0.168. The lowest BCUT2D eigenvalue weighted by atomic mass is 9.62. The van der Waals surface area contributed by atoms with Crippen LogP contribution in [0.4, 0.5) is 5.69 Å². The summed E-state index contributed by atoms with van der Waals surface area (Å²) in [5.41, 5.74) is 0.943. The minimum atomic E-state index is -0.235. The molecular formula is C17H26ClNO. The zero-order valence-corrected chi connectivity index (χ0v) is 13.5. The van der Waals surface area contributed by atoms with Gasteiger partial charge in [0.1, 0.15) is 0 Å². The highest BCUT2D eigenvalue weighted by Crippen LogP contribution is 2.45. The Bertz CT molecular complexity index is 455. The highest BCUT2D eigenvalue weighted by atomic mass is 35.5. The first-order chi connectivity index (χ1) is 9.37. The van der Waals surface area contributed by atoms with Crippen LogP contribution in [-0.2, 0) is 0 Å². The molecule has 2 nitrogen and oxygen atoms in total. The molecule has 1 aromatic carbocycles. The third kappa shape index (κ3) is 3.29. The van der Waals surface area contributed by atoms with Gasteiger partial charge in [-0.3, -0.25) is 0 Å². The van der Waals surface area contributed by atoms with E-state index in [9.17, 15) is 5.11 Å². The van der Waals surface area contributed by atoms with E-state index in [1.165, 1.54) is 12.8 Å². The highest BCUT2D eigenvalue weighted by Gasteiger charge is 2.45.